The van der Waals surface area contributed by atoms with E-state index in [1.807, 2.05) is 0 Å². The van der Waals surface area contributed by atoms with Gasteiger partial charge in [-0.05, 0) is 12.1 Å². The van der Waals surface area contributed by atoms with E-state index in [0.29, 0.717) is 16.3 Å². The van der Waals surface area contributed by atoms with Crippen LogP contribution in [0.1, 0.15) is 10.4 Å². The predicted molar refractivity (Wildman–Crippen MR) is 54.4 cm³/mol. The summed E-state index contributed by atoms with van der Waals surface area (Å²) >= 11 is 11.6. The maximum Gasteiger partial charge on any atom is 0.188 e. The lowest BCUT2D eigenvalue weighted by Gasteiger charge is -2.09. The summed E-state index contributed by atoms with van der Waals surface area (Å²) in [5.41, 5.74) is 0.233. The summed E-state index contributed by atoms with van der Waals surface area (Å²) in [4.78, 5) is 10.7. The molecule has 3 nitrogen and oxygen atoms in total. The predicted octanol–water partition coefficient (Wildman–Crippen LogP) is 2.79. The molecule has 0 unspecified atom stereocenters. The molecule has 76 valence electrons. The molecule has 0 atom stereocenters. The van der Waals surface area contributed by atoms with Crippen molar-refractivity contribution < 1.29 is 14.3 Å². The molecule has 0 spiro atoms. The molecule has 5 heteroatoms. The van der Waals surface area contributed by atoms with Crippen molar-refractivity contribution in [2.45, 2.75) is 0 Å². The largest absolute Gasteiger partial charge is 0.465 e. The molecule has 0 N–H and O–H groups in total. The first-order valence-corrected chi connectivity index (χ1v) is 4.51. The number of rotatable bonds is 4. The van der Waals surface area contributed by atoms with E-state index in [9.17, 15) is 4.79 Å². The van der Waals surface area contributed by atoms with Crippen molar-refractivity contribution in [1.82, 2.24) is 0 Å². The van der Waals surface area contributed by atoms with Gasteiger partial charge < -0.3 is 9.47 Å². The molecule has 1 rings (SSSR count). The lowest BCUT2D eigenvalue weighted by atomic mass is 10.2. The zero-order valence-corrected chi connectivity index (χ0v) is 8.93. The number of hydrogen-bond donors (Lipinski definition) is 0. The number of carbonyl (C=O) groups excluding carboxylic acids is 1. The van der Waals surface area contributed by atoms with E-state index in [0.717, 1.165) is 0 Å². The highest BCUT2D eigenvalue weighted by atomic mass is 35.5. The highest BCUT2D eigenvalue weighted by Gasteiger charge is 2.11. The number of hydrogen-bond acceptors (Lipinski definition) is 3. The Balaban J connectivity index is 3.09. The van der Waals surface area contributed by atoms with Gasteiger partial charge in [0.05, 0.1) is 15.6 Å². The molecule has 0 aromatic heterocycles. The molecule has 0 fully saturated rings. The van der Waals surface area contributed by atoms with Crippen LogP contribution in [-0.4, -0.2) is 20.2 Å². The lowest BCUT2D eigenvalue weighted by Crippen LogP contribution is -2.02. The lowest BCUT2D eigenvalue weighted by molar-refractivity contribution is 0.0506. The Morgan fingerprint density at radius 3 is 2.57 bits per heavy atom. The number of benzene rings is 1. The first kappa shape index (κ1) is 11.3. The van der Waals surface area contributed by atoms with Gasteiger partial charge in [0, 0.05) is 7.11 Å². The Kier molecular flexibility index (Phi) is 4.20. The minimum Gasteiger partial charge on any atom is -0.465 e. The van der Waals surface area contributed by atoms with Crippen molar-refractivity contribution in [2.24, 2.45) is 0 Å². The molecule has 0 heterocycles. The first-order valence-electron chi connectivity index (χ1n) is 3.75. The van der Waals surface area contributed by atoms with Crippen LogP contribution in [-0.2, 0) is 4.74 Å². The van der Waals surface area contributed by atoms with E-state index in [1.165, 1.54) is 13.2 Å². The van der Waals surface area contributed by atoms with Gasteiger partial charge in [-0.3, -0.25) is 4.79 Å². The van der Waals surface area contributed by atoms with Gasteiger partial charge in [-0.2, -0.15) is 0 Å². The molecular formula is C9H8Cl2O3. The van der Waals surface area contributed by atoms with Gasteiger partial charge >= 0.3 is 0 Å². The number of methoxy groups -OCH3 is 1. The molecule has 0 radical (unpaired) electrons. The fraction of sp³-hybridized carbons (Fsp3) is 0.222. The van der Waals surface area contributed by atoms with Gasteiger partial charge in [0.15, 0.2) is 18.8 Å². The van der Waals surface area contributed by atoms with Crippen molar-refractivity contribution >= 4 is 29.5 Å². The zero-order valence-electron chi connectivity index (χ0n) is 7.42. The minimum atomic E-state index is 0.0148. The summed E-state index contributed by atoms with van der Waals surface area (Å²) in [6.07, 6.45) is 0.596. The van der Waals surface area contributed by atoms with Gasteiger partial charge in [-0.1, -0.05) is 23.2 Å². The van der Waals surface area contributed by atoms with Crippen LogP contribution in [0.15, 0.2) is 12.1 Å². The van der Waals surface area contributed by atoms with Gasteiger partial charge in [0.2, 0.25) is 0 Å². The van der Waals surface area contributed by atoms with Crippen LogP contribution in [0.2, 0.25) is 10.0 Å². The first-order chi connectivity index (χ1) is 6.70. The normalized spacial score (nSPS) is 9.93. The van der Waals surface area contributed by atoms with Crippen LogP contribution < -0.4 is 4.74 Å². The molecule has 0 saturated heterocycles. The third-order valence-electron chi connectivity index (χ3n) is 1.53. The summed E-state index contributed by atoms with van der Waals surface area (Å²) < 4.78 is 9.82. The van der Waals surface area contributed by atoms with E-state index < -0.39 is 0 Å². The highest BCUT2D eigenvalue weighted by Crippen LogP contribution is 2.32. The van der Waals surface area contributed by atoms with E-state index in [1.54, 1.807) is 6.07 Å². The van der Waals surface area contributed by atoms with Crippen molar-refractivity contribution in [3.63, 3.8) is 0 Å². The van der Waals surface area contributed by atoms with Crippen LogP contribution in [0.3, 0.4) is 0 Å². The van der Waals surface area contributed by atoms with Crippen molar-refractivity contribution in [3.05, 3.63) is 27.7 Å². The zero-order chi connectivity index (χ0) is 10.6. The number of halogens is 2. The maximum absolute atomic E-state index is 10.7. The van der Waals surface area contributed by atoms with Crippen LogP contribution in [0.4, 0.5) is 0 Å². The molecule has 14 heavy (non-hydrogen) atoms. The van der Waals surface area contributed by atoms with Crippen molar-refractivity contribution in [3.8, 4) is 5.75 Å². The van der Waals surface area contributed by atoms with Crippen LogP contribution in [0.25, 0.3) is 0 Å². The Hall–Kier alpha value is -0.770. The summed E-state index contributed by atoms with van der Waals surface area (Å²) in [6, 6.07) is 3.09. The average Bonchev–Trinajstić information content (AvgIpc) is 2.19. The second-order valence-electron chi connectivity index (χ2n) is 2.44. The molecule has 0 aliphatic rings. The van der Waals surface area contributed by atoms with Crippen LogP contribution >= 0.6 is 23.2 Å². The third kappa shape index (κ3) is 2.38. The fourth-order valence-electron chi connectivity index (χ4n) is 0.923. The highest BCUT2D eigenvalue weighted by molar-refractivity contribution is 6.36. The Bertz CT molecular complexity index is 339. The second kappa shape index (κ2) is 5.20. The summed E-state index contributed by atoms with van der Waals surface area (Å²) in [5, 5.41) is 0.629. The standard InChI is InChI=1S/C9H8Cl2O3/c1-13-5-14-9-6(4-12)7(10)2-3-8(9)11/h2-4H,5H2,1H3. The number of ether oxygens (including phenoxy) is 2. The Morgan fingerprint density at radius 1 is 1.36 bits per heavy atom. The van der Waals surface area contributed by atoms with Crippen molar-refractivity contribution in [2.75, 3.05) is 13.9 Å². The van der Waals surface area contributed by atoms with Crippen LogP contribution in [0.5, 0.6) is 5.75 Å². The smallest absolute Gasteiger partial charge is 0.188 e. The minimum absolute atomic E-state index is 0.0148. The third-order valence-corrected chi connectivity index (χ3v) is 2.16. The molecule has 1 aromatic carbocycles. The molecular weight excluding hydrogens is 227 g/mol. The molecule has 0 amide bonds. The maximum atomic E-state index is 10.7. The summed E-state index contributed by atoms with van der Waals surface area (Å²) in [6.45, 7) is 0.0148. The van der Waals surface area contributed by atoms with E-state index in [-0.39, 0.29) is 18.1 Å². The van der Waals surface area contributed by atoms with Crippen molar-refractivity contribution in [1.29, 1.82) is 0 Å². The van der Waals surface area contributed by atoms with Gasteiger partial charge in [0.1, 0.15) is 0 Å². The Labute approximate surface area is 91.5 Å². The molecule has 0 aliphatic carbocycles. The Morgan fingerprint density at radius 2 is 2.00 bits per heavy atom. The fourth-order valence-corrected chi connectivity index (χ4v) is 1.34. The summed E-state index contributed by atoms with van der Waals surface area (Å²) in [7, 11) is 1.47. The number of aldehydes is 1. The van der Waals surface area contributed by atoms with Gasteiger partial charge in [-0.15, -0.1) is 0 Å². The second-order valence-corrected chi connectivity index (χ2v) is 3.26. The SMILES string of the molecule is COCOc1c(Cl)ccc(Cl)c1C=O. The quantitative estimate of drug-likeness (QED) is 0.594. The molecule has 0 saturated carbocycles. The van der Waals surface area contributed by atoms with E-state index in [4.69, 9.17) is 32.7 Å². The van der Waals surface area contributed by atoms with Gasteiger partial charge in [0.25, 0.3) is 0 Å². The van der Waals surface area contributed by atoms with Gasteiger partial charge in [-0.25, -0.2) is 0 Å². The van der Waals surface area contributed by atoms with E-state index in [2.05, 4.69) is 0 Å². The molecule has 1 aromatic rings. The average molecular weight is 235 g/mol. The topological polar surface area (TPSA) is 35.5 Å². The molecule has 0 aliphatic heterocycles. The summed E-state index contributed by atoms with van der Waals surface area (Å²) in [5.74, 6) is 0.246. The molecule has 0 bridgehead atoms. The monoisotopic (exact) mass is 234 g/mol. The van der Waals surface area contributed by atoms with Crippen LogP contribution in [0, 0.1) is 0 Å². The van der Waals surface area contributed by atoms with E-state index >= 15 is 0 Å². The number of carbonyl (C=O) groups is 1.